The third-order valence-corrected chi connectivity index (χ3v) is 3.86. The Hall–Kier alpha value is -2.41. The van der Waals surface area contributed by atoms with E-state index in [4.69, 9.17) is 5.11 Å². The number of pyridine rings is 1. The quantitative estimate of drug-likeness (QED) is 0.870. The van der Waals surface area contributed by atoms with Crippen molar-refractivity contribution in [3.8, 4) is 0 Å². The normalized spacial score (nSPS) is 11.0. The van der Waals surface area contributed by atoms with Crippen LogP contribution >= 0.6 is 0 Å². The summed E-state index contributed by atoms with van der Waals surface area (Å²) in [5.74, 6) is -0.991. The Labute approximate surface area is 116 Å². The summed E-state index contributed by atoms with van der Waals surface area (Å²) in [6, 6.07) is 10.9. The van der Waals surface area contributed by atoms with E-state index in [2.05, 4.69) is 9.71 Å². The van der Waals surface area contributed by atoms with Crippen molar-refractivity contribution in [2.75, 3.05) is 4.72 Å². The Morgan fingerprint density at radius 1 is 1.15 bits per heavy atom. The number of hydrogen-bond donors (Lipinski definition) is 2. The SMILES string of the molecule is O=C(O)Cc1ccc(NS(=O)(=O)c2ccccc2)cn1. The van der Waals surface area contributed by atoms with Gasteiger partial charge in [-0.3, -0.25) is 14.5 Å². The van der Waals surface area contributed by atoms with Gasteiger partial charge in [0, 0.05) is 0 Å². The van der Waals surface area contributed by atoms with Gasteiger partial charge in [0.2, 0.25) is 0 Å². The Kier molecular flexibility index (Phi) is 3.99. The predicted molar refractivity (Wildman–Crippen MR) is 72.8 cm³/mol. The topological polar surface area (TPSA) is 96.4 Å². The average Bonchev–Trinajstić information content (AvgIpc) is 2.41. The average molecular weight is 292 g/mol. The lowest BCUT2D eigenvalue weighted by atomic mass is 10.3. The van der Waals surface area contributed by atoms with Crippen LogP contribution in [0.5, 0.6) is 0 Å². The molecule has 104 valence electrons. The van der Waals surface area contributed by atoms with Crippen molar-refractivity contribution in [2.24, 2.45) is 0 Å². The van der Waals surface area contributed by atoms with E-state index in [0.717, 1.165) is 0 Å². The van der Waals surface area contributed by atoms with E-state index in [1.807, 2.05) is 0 Å². The van der Waals surface area contributed by atoms with Gasteiger partial charge < -0.3 is 5.11 Å². The van der Waals surface area contributed by atoms with Crippen molar-refractivity contribution >= 4 is 21.7 Å². The number of benzene rings is 1. The fourth-order valence-electron chi connectivity index (χ4n) is 1.56. The van der Waals surface area contributed by atoms with Gasteiger partial charge in [-0.15, -0.1) is 0 Å². The highest BCUT2D eigenvalue weighted by Gasteiger charge is 2.13. The minimum absolute atomic E-state index is 0.148. The number of nitrogens with one attached hydrogen (secondary N) is 1. The number of aliphatic carboxylic acids is 1. The molecule has 7 heteroatoms. The van der Waals surface area contributed by atoms with Gasteiger partial charge in [-0.05, 0) is 24.3 Å². The first-order chi connectivity index (χ1) is 9.47. The number of hydrogen-bond acceptors (Lipinski definition) is 4. The summed E-state index contributed by atoms with van der Waals surface area (Å²) in [5, 5.41) is 8.62. The fourth-order valence-corrected chi connectivity index (χ4v) is 2.62. The summed E-state index contributed by atoms with van der Waals surface area (Å²) in [5.41, 5.74) is 0.642. The highest BCUT2D eigenvalue weighted by molar-refractivity contribution is 7.92. The molecule has 1 heterocycles. The number of sulfonamides is 1. The lowest BCUT2D eigenvalue weighted by molar-refractivity contribution is -0.136. The smallest absolute Gasteiger partial charge is 0.309 e. The van der Waals surface area contributed by atoms with Crippen LogP contribution in [0.3, 0.4) is 0 Å². The summed E-state index contributed by atoms with van der Waals surface area (Å²) in [6.45, 7) is 0. The molecule has 0 atom stereocenters. The van der Waals surface area contributed by atoms with E-state index in [0.29, 0.717) is 5.69 Å². The zero-order valence-electron chi connectivity index (χ0n) is 10.4. The molecular formula is C13H12N2O4S. The first kappa shape index (κ1) is 14.0. The van der Waals surface area contributed by atoms with Gasteiger partial charge in [0.1, 0.15) is 0 Å². The molecule has 2 aromatic rings. The van der Waals surface area contributed by atoms with Crippen LogP contribution in [0.25, 0.3) is 0 Å². The van der Waals surface area contributed by atoms with Crippen LogP contribution in [0, 0.1) is 0 Å². The molecule has 2 N–H and O–H groups in total. The molecule has 0 saturated heterocycles. The van der Waals surface area contributed by atoms with E-state index in [1.54, 1.807) is 18.2 Å². The first-order valence-corrected chi connectivity index (χ1v) is 7.20. The molecule has 0 aliphatic rings. The minimum Gasteiger partial charge on any atom is -0.481 e. The lowest BCUT2D eigenvalue weighted by Gasteiger charge is -2.07. The fraction of sp³-hybridized carbons (Fsp3) is 0.0769. The monoisotopic (exact) mass is 292 g/mol. The van der Waals surface area contributed by atoms with E-state index in [-0.39, 0.29) is 17.0 Å². The summed E-state index contributed by atoms with van der Waals surface area (Å²) in [4.78, 5) is 14.6. The number of nitrogens with zero attached hydrogens (tertiary/aromatic N) is 1. The summed E-state index contributed by atoms with van der Waals surface area (Å²) < 4.78 is 26.4. The van der Waals surface area contributed by atoms with Crippen molar-refractivity contribution < 1.29 is 18.3 Å². The maximum atomic E-state index is 12.0. The molecule has 0 amide bonds. The minimum atomic E-state index is -3.66. The van der Waals surface area contributed by atoms with Crippen molar-refractivity contribution in [3.63, 3.8) is 0 Å². The van der Waals surface area contributed by atoms with Crippen molar-refractivity contribution in [1.29, 1.82) is 0 Å². The van der Waals surface area contributed by atoms with Crippen LogP contribution in [-0.2, 0) is 21.2 Å². The molecule has 0 spiro atoms. The Morgan fingerprint density at radius 3 is 2.40 bits per heavy atom. The molecule has 1 aromatic heterocycles. The number of carboxylic acid groups (broad SMARTS) is 1. The number of rotatable bonds is 5. The Bertz CT molecular complexity index is 697. The second-order valence-corrected chi connectivity index (χ2v) is 5.71. The van der Waals surface area contributed by atoms with E-state index in [1.165, 1.54) is 30.5 Å². The number of anilines is 1. The van der Waals surface area contributed by atoms with Gasteiger partial charge in [-0.2, -0.15) is 0 Å². The van der Waals surface area contributed by atoms with E-state index < -0.39 is 16.0 Å². The molecule has 20 heavy (non-hydrogen) atoms. The van der Waals surface area contributed by atoms with Gasteiger partial charge in [0.25, 0.3) is 10.0 Å². The Balaban J connectivity index is 2.16. The molecule has 2 rings (SSSR count). The van der Waals surface area contributed by atoms with Crippen molar-refractivity contribution in [2.45, 2.75) is 11.3 Å². The maximum Gasteiger partial charge on any atom is 0.309 e. The molecule has 0 aliphatic heterocycles. The van der Waals surface area contributed by atoms with Gasteiger partial charge in [-0.1, -0.05) is 18.2 Å². The van der Waals surface area contributed by atoms with E-state index in [9.17, 15) is 13.2 Å². The molecule has 0 fully saturated rings. The van der Waals surface area contributed by atoms with Crippen LogP contribution in [0.15, 0.2) is 53.6 Å². The zero-order chi connectivity index (χ0) is 14.6. The highest BCUT2D eigenvalue weighted by atomic mass is 32.2. The van der Waals surface area contributed by atoms with Crippen LogP contribution in [0.1, 0.15) is 5.69 Å². The number of carbonyl (C=O) groups is 1. The zero-order valence-corrected chi connectivity index (χ0v) is 11.2. The van der Waals surface area contributed by atoms with Crippen LogP contribution in [0.2, 0.25) is 0 Å². The van der Waals surface area contributed by atoms with E-state index >= 15 is 0 Å². The maximum absolute atomic E-state index is 12.0. The predicted octanol–water partition coefficient (Wildman–Crippen LogP) is 1.51. The first-order valence-electron chi connectivity index (χ1n) is 5.72. The number of carboxylic acids is 1. The van der Waals surface area contributed by atoms with Gasteiger partial charge in [-0.25, -0.2) is 8.42 Å². The largest absolute Gasteiger partial charge is 0.481 e. The highest BCUT2D eigenvalue weighted by Crippen LogP contribution is 2.15. The molecule has 0 unspecified atom stereocenters. The van der Waals surface area contributed by atoms with Gasteiger partial charge in [0.15, 0.2) is 0 Å². The molecule has 6 nitrogen and oxygen atoms in total. The molecule has 0 aliphatic carbocycles. The second kappa shape index (κ2) is 5.70. The van der Waals surface area contributed by atoms with Crippen LogP contribution in [-0.4, -0.2) is 24.5 Å². The number of aromatic nitrogens is 1. The van der Waals surface area contributed by atoms with Gasteiger partial charge in [0.05, 0.1) is 28.9 Å². The molecular weight excluding hydrogens is 280 g/mol. The Morgan fingerprint density at radius 2 is 1.85 bits per heavy atom. The summed E-state index contributed by atoms with van der Waals surface area (Å²) in [6.07, 6.45) is 1.09. The molecule has 0 radical (unpaired) electrons. The van der Waals surface area contributed by atoms with Crippen LogP contribution in [0.4, 0.5) is 5.69 Å². The molecule has 0 bridgehead atoms. The molecule has 1 aromatic carbocycles. The van der Waals surface area contributed by atoms with Gasteiger partial charge >= 0.3 is 5.97 Å². The third kappa shape index (κ3) is 3.55. The lowest BCUT2D eigenvalue weighted by Crippen LogP contribution is -2.13. The third-order valence-electron chi connectivity index (χ3n) is 2.46. The van der Waals surface area contributed by atoms with Crippen LogP contribution < -0.4 is 4.72 Å². The summed E-state index contributed by atoms with van der Waals surface area (Å²) in [7, 11) is -3.66. The molecule has 0 saturated carbocycles. The van der Waals surface area contributed by atoms with Crippen molar-refractivity contribution in [3.05, 3.63) is 54.4 Å². The standard InChI is InChI=1S/C13H12N2O4S/c16-13(17)8-10-6-7-11(9-14-10)15-20(18,19)12-4-2-1-3-5-12/h1-7,9,15H,8H2,(H,16,17). The second-order valence-electron chi connectivity index (χ2n) is 4.03. The van der Waals surface area contributed by atoms with Crippen molar-refractivity contribution in [1.82, 2.24) is 4.98 Å². The summed E-state index contributed by atoms with van der Waals surface area (Å²) >= 11 is 0.